The predicted octanol–water partition coefficient (Wildman–Crippen LogP) is 1.98. The summed E-state index contributed by atoms with van der Waals surface area (Å²) in [7, 11) is 1.86. The van der Waals surface area contributed by atoms with Crippen LogP contribution in [-0.2, 0) is 7.05 Å². The third kappa shape index (κ3) is 3.56. The van der Waals surface area contributed by atoms with Crippen LogP contribution in [0.2, 0.25) is 0 Å². The molecule has 9 heteroatoms. The van der Waals surface area contributed by atoms with E-state index in [4.69, 9.17) is 15.8 Å². The molecule has 3 aromatic heterocycles. The topological polar surface area (TPSA) is 97.6 Å². The smallest absolute Gasteiger partial charge is 0.274 e. The van der Waals surface area contributed by atoms with E-state index in [1.54, 1.807) is 4.68 Å². The first-order valence-electron chi connectivity index (χ1n) is 11.1. The molecule has 0 spiro atoms. The number of carbonyl (C=O) groups is 1. The number of piperidine rings is 1. The summed E-state index contributed by atoms with van der Waals surface area (Å²) in [4.78, 5) is 22.3. The Labute approximate surface area is 181 Å². The summed E-state index contributed by atoms with van der Waals surface area (Å²) < 4.78 is 3.59. The Bertz CT molecular complexity index is 1110. The number of rotatable bonds is 3. The minimum Gasteiger partial charge on any atom is -0.355 e. The van der Waals surface area contributed by atoms with Gasteiger partial charge >= 0.3 is 0 Å². The first-order valence-corrected chi connectivity index (χ1v) is 11.1. The van der Waals surface area contributed by atoms with E-state index in [9.17, 15) is 4.79 Å². The Balaban J connectivity index is 1.47. The van der Waals surface area contributed by atoms with Crippen molar-refractivity contribution in [2.24, 2.45) is 12.8 Å². The Morgan fingerprint density at radius 3 is 2.68 bits per heavy atom. The van der Waals surface area contributed by atoms with Crippen LogP contribution in [0.5, 0.6) is 0 Å². The van der Waals surface area contributed by atoms with Crippen LogP contribution in [0.25, 0.3) is 5.65 Å². The molecule has 5 rings (SSSR count). The van der Waals surface area contributed by atoms with E-state index >= 15 is 0 Å². The van der Waals surface area contributed by atoms with Crippen LogP contribution in [0.3, 0.4) is 0 Å². The van der Waals surface area contributed by atoms with Gasteiger partial charge in [-0.3, -0.25) is 9.48 Å². The van der Waals surface area contributed by atoms with E-state index in [1.165, 1.54) is 0 Å². The normalized spacial score (nSPS) is 21.9. The van der Waals surface area contributed by atoms with Crippen molar-refractivity contribution in [1.29, 1.82) is 0 Å². The highest BCUT2D eigenvalue weighted by Crippen LogP contribution is 2.32. The fourth-order valence-electron chi connectivity index (χ4n) is 4.78. The molecule has 0 bridgehead atoms. The molecule has 2 atom stereocenters. The van der Waals surface area contributed by atoms with Gasteiger partial charge in [-0.15, -0.1) is 0 Å². The molecule has 2 N–H and O–H groups in total. The molecule has 2 aliphatic rings. The Morgan fingerprint density at radius 1 is 1.13 bits per heavy atom. The molecule has 2 saturated heterocycles. The second-order valence-electron chi connectivity index (χ2n) is 8.92. The zero-order chi connectivity index (χ0) is 21.7. The van der Waals surface area contributed by atoms with E-state index < -0.39 is 0 Å². The van der Waals surface area contributed by atoms with Crippen molar-refractivity contribution >= 4 is 17.4 Å². The molecule has 31 heavy (non-hydrogen) atoms. The van der Waals surface area contributed by atoms with Crippen molar-refractivity contribution in [3.05, 3.63) is 41.0 Å². The van der Waals surface area contributed by atoms with Crippen molar-refractivity contribution in [3.63, 3.8) is 0 Å². The fraction of sp³-hybridized carbons (Fsp3) is 0.545. The summed E-state index contributed by atoms with van der Waals surface area (Å²) in [5.41, 5.74) is 10.3. The van der Waals surface area contributed by atoms with Gasteiger partial charge in [0.25, 0.3) is 5.91 Å². The molecular weight excluding hydrogens is 392 g/mol. The van der Waals surface area contributed by atoms with Gasteiger partial charge in [0.2, 0.25) is 0 Å². The Morgan fingerprint density at radius 2 is 1.97 bits per heavy atom. The van der Waals surface area contributed by atoms with Gasteiger partial charge in [-0.2, -0.15) is 10.2 Å². The maximum atomic E-state index is 13.3. The molecule has 164 valence electrons. The van der Waals surface area contributed by atoms with Gasteiger partial charge in [0.05, 0.1) is 11.7 Å². The summed E-state index contributed by atoms with van der Waals surface area (Å²) >= 11 is 0. The summed E-state index contributed by atoms with van der Waals surface area (Å²) in [5, 5.41) is 9.22. The number of nitrogens with two attached hydrogens (primary N) is 1. The molecule has 2 aliphatic heterocycles. The number of aromatic nitrogens is 5. The predicted molar refractivity (Wildman–Crippen MR) is 118 cm³/mol. The quantitative estimate of drug-likeness (QED) is 0.693. The van der Waals surface area contributed by atoms with E-state index in [2.05, 4.69) is 16.9 Å². The van der Waals surface area contributed by atoms with Crippen LogP contribution in [0.15, 0.2) is 18.3 Å². The Hall–Kier alpha value is -2.94. The maximum Gasteiger partial charge on any atom is 0.274 e. The van der Waals surface area contributed by atoms with Crippen molar-refractivity contribution in [3.8, 4) is 0 Å². The maximum absolute atomic E-state index is 13.3. The van der Waals surface area contributed by atoms with E-state index in [0.29, 0.717) is 5.69 Å². The molecule has 0 saturated carbocycles. The SMILES string of the molecule is Cc1cn2nc(C3CCCCN3C(=O)c3cc(C)n(C)n3)cc2nc1N1CCC(N)C1. The minimum atomic E-state index is -0.0609. The summed E-state index contributed by atoms with van der Waals surface area (Å²) in [6, 6.07) is 4.03. The highest BCUT2D eigenvalue weighted by atomic mass is 16.2. The number of hydrogen-bond donors (Lipinski definition) is 1. The van der Waals surface area contributed by atoms with Crippen LogP contribution >= 0.6 is 0 Å². The first kappa shape index (κ1) is 20.0. The molecule has 1 amide bonds. The number of carbonyl (C=O) groups excluding carboxylic acids is 1. The van der Waals surface area contributed by atoms with E-state index in [1.807, 2.05) is 41.7 Å². The van der Waals surface area contributed by atoms with Gasteiger partial charge in [-0.25, -0.2) is 9.50 Å². The van der Waals surface area contributed by atoms with Crippen molar-refractivity contribution in [2.45, 2.75) is 51.6 Å². The number of hydrogen-bond acceptors (Lipinski definition) is 6. The monoisotopic (exact) mass is 422 g/mol. The number of aryl methyl sites for hydroxylation is 3. The lowest BCUT2D eigenvalue weighted by Crippen LogP contribution is -2.39. The summed E-state index contributed by atoms with van der Waals surface area (Å²) in [5.74, 6) is 0.953. The van der Waals surface area contributed by atoms with Crippen molar-refractivity contribution in [2.75, 3.05) is 24.5 Å². The molecule has 0 aliphatic carbocycles. The lowest BCUT2D eigenvalue weighted by molar-refractivity contribution is 0.0598. The Kier molecular flexibility index (Phi) is 4.92. The van der Waals surface area contributed by atoms with Gasteiger partial charge in [0.1, 0.15) is 5.82 Å². The zero-order valence-electron chi connectivity index (χ0n) is 18.5. The van der Waals surface area contributed by atoms with Crippen LogP contribution < -0.4 is 10.6 Å². The number of anilines is 1. The van der Waals surface area contributed by atoms with Gasteiger partial charge in [0, 0.05) is 56.2 Å². The molecule has 0 radical (unpaired) electrons. The molecule has 2 unspecified atom stereocenters. The average molecular weight is 423 g/mol. The minimum absolute atomic E-state index is 0.0265. The van der Waals surface area contributed by atoms with Crippen molar-refractivity contribution < 1.29 is 4.79 Å². The standard InChI is InChI=1S/C22H30N8O/c1-14-12-30-20(24-21(14)28-9-7-16(23)13-28)11-17(26-30)19-6-4-5-8-29(19)22(31)18-10-15(2)27(3)25-18/h10-12,16,19H,4-9,13,23H2,1-3H3. The average Bonchev–Trinajstić information content (AvgIpc) is 3.45. The van der Waals surface area contributed by atoms with E-state index in [-0.39, 0.29) is 18.0 Å². The number of fused-ring (bicyclic) bond motifs is 1. The second-order valence-corrected chi connectivity index (χ2v) is 8.92. The van der Waals surface area contributed by atoms with Crippen LogP contribution in [0.1, 0.15) is 59.2 Å². The highest BCUT2D eigenvalue weighted by molar-refractivity contribution is 5.92. The van der Waals surface area contributed by atoms with Crippen LogP contribution in [-0.4, -0.2) is 60.9 Å². The zero-order valence-corrected chi connectivity index (χ0v) is 18.5. The third-order valence-electron chi connectivity index (χ3n) is 6.59. The summed E-state index contributed by atoms with van der Waals surface area (Å²) in [6.07, 6.45) is 5.99. The highest BCUT2D eigenvalue weighted by Gasteiger charge is 2.32. The fourth-order valence-corrected chi connectivity index (χ4v) is 4.78. The van der Waals surface area contributed by atoms with Gasteiger partial charge in [-0.1, -0.05) is 0 Å². The summed E-state index contributed by atoms with van der Waals surface area (Å²) in [6.45, 7) is 6.50. The molecule has 3 aromatic rings. The second kappa shape index (κ2) is 7.64. The van der Waals surface area contributed by atoms with E-state index in [0.717, 1.165) is 73.7 Å². The lowest BCUT2D eigenvalue weighted by Gasteiger charge is -2.34. The molecule has 5 heterocycles. The third-order valence-corrected chi connectivity index (χ3v) is 6.59. The van der Waals surface area contributed by atoms with Crippen LogP contribution in [0.4, 0.5) is 5.82 Å². The number of likely N-dealkylation sites (tertiary alicyclic amines) is 1. The molecule has 2 fully saturated rings. The molecule has 0 aromatic carbocycles. The van der Waals surface area contributed by atoms with Gasteiger partial charge in [0.15, 0.2) is 11.3 Å². The first-order chi connectivity index (χ1) is 14.9. The van der Waals surface area contributed by atoms with Crippen molar-refractivity contribution in [1.82, 2.24) is 29.3 Å². The molecule has 9 nitrogen and oxygen atoms in total. The van der Waals surface area contributed by atoms with Crippen LogP contribution in [0, 0.1) is 13.8 Å². The number of nitrogens with zero attached hydrogens (tertiary/aromatic N) is 7. The molecular formula is C22H30N8O. The largest absolute Gasteiger partial charge is 0.355 e. The number of amides is 1. The lowest BCUT2D eigenvalue weighted by atomic mass is 9.99. The van der Waals surface area contributed by atoms with Gasteiger partial charge < -0.3 is 15.5 Å². The van der Waals surface area contributed by atoms with Gasteiger partial charge in [-0.05, 0) is 45.6 Å².